The van der Waals surface area contributed by atoms with Gasteiger partial charge in [0.25, 0.3) is 0 Å². The van der Waals surface area contributed by atoms with Gasteiger partial charge >= 0.3 is 0 Å². The number of fused-ring (bicyclic) bond motifs is 3. The first-order chi connectivity index (χ1) is 19.0. The average molecular weight is 557 g/mol. The molecule has 6 fully saturated rings. The summed E-state index contributed by atoms with van der Waals surface area (Å²) in [6.07, 6.45) is 12.0. The zero-order valence-corrected chi connectivity index (χ0v) is 27.3. The SMILES string of the molecule is CC(C)C(C)N1CC(CC(C)(C)N2CC3CCC3C(CC(C)(C)N3CC4NCCOC4C3)C2)CC2CCCC2C1. The number of likely N-dealkylation sites (tertiary alicyclic amines) is 3. The highest BCUT2D eigenvalue weighted by Crippen LogP contribution is 2.50. The fourth-order valence-electron chi connectivity index (χ4n) is 10.4. The minimum atomic E-state index is 0.243. The van der Waals surface area contributed by atoms with E-state index in [1.165, 1.54) is 77.5 Å². The summed E-state index contributed by atoms with van der Waals surface area (Å²) in [5, 5.41) is 3.74. The van der Waals surface area contributed by atoms with Crippen LogP contribution in [0.5, 0.6) is 0 Å². The van der Waals surface area contributed by atoms with Gasteiger partial charge in [0, 0.05) is 69.0 Å². The van der Waals surface area contributed by atoms with E-state index >= 15 is 0 Å². The van der Waals surface area contributed by atoms with Gasteiger partial charge in [-0.15, -0.1) is 0 Å². The summed E-state index contributed by atoms with van der Waals surface area (Å²) in [6.45, 7) is 27.2. The summed E-state index contributed by atoms with van der Waals surface area (Å²) in [4.78, 5) is 8.69. The van der Waals surface area contributed by atoms with E-state index in [-0.39, 0.29) is 5.54 Å². The van der Waals surface area contributed by atoms with Crippen molar-refractivity contribution < 1.29 is 4.74 Å². The summed E-state index contributed by atoms with van der Waals surface area (Å²) >= 11 is 0. The van der Waals surface area contributed by atoms with Crippen molar-refractivity contribution in [2.45, 2.75) is 129 Å². The maximum absolute atomic E-state index is 6.15. The quantitative estimate of drug-likeness (QED) is 0.412. The van der Waals surface area contributed by atoms with Gasteiger partial charge in [0.05, 0.1) is 12.7 Å². The van der Waals surface area contributed by atoms with Crippen LogP contribution < -0.4 is 5.32 Å². The molecule has 4 heterocycles. The van der Waals surface area contributed by atoms with Crippen molar-refractivity contribution >= 4 is 0 Å². The Morgan fingerprint density at radius 2 is 1.52 bits per heavy atom. The highest BCUT2D eigenvalue weighted by Gasteiger charge is 2.49. The van der Waals surface area contributed by atoms with E-state index in [0.717, 1.165) is 67.7 Å². The van der Waals surface area contributed by atoms with Gasteiger partial charge in [-0.3, -0.25) is 14.7 Å². The lowest BCUT2D eigenvalue weighted by atomic mass is 9.61. The van der Waals surface area contributed by atoms with E-state index in [1.807, 2.05) is 0 Å². The number of piperidine rings is 1. The molecule has 0 radical (unpaired) electrons. The fourth-order valence-corrected chi connectivity index (χ4v) is 10.4. The normalized spacial score (nSPS) is 40.8. The molecule has 4 saturated heterocycles. The maximum atomic E-state index is 6.15. The monoisotopic (exact) mass is 557 g/mol. The smallest absolute Gasteiger partial charge is 0.0867 e. The molecular formula is C35H64N4O. The van der Waals surface area contributed by atoms with Crippen molar-refractivity contribution in [1.82, 2.24) is 20.0 Å². The molecule has 5 nitrogen and oxygen atoms in total. The molecule has 6 aliphatic rings. The number of hydrogen-bond donors (Lipinski definition) is 1. The fraction of sp³-hybridized carbons (Fsp3) is 1.00. The molecule has 9 atom stereocenters. The molecular weight excluding hydrogens is 492 g/mol. The molecule has 1 N–H and O–H groups in total. The van der Waals surface area contributed by atoms with E-state index < -0.39 is 0 Å². The van der Waals surface area contributed by atoms with Crippen LogP contribution in [0.25, 0.3) is 0 Å². The lowest BCUT2D eigenvalue weighted by Crippen LogP contribution is -2.59. The number of nitrogens with zero attached hydrogens (tertiary/aromatic N) is 3. The van der Waals surface area contributed by atoms with Gasteiger partial charge < -0.3 is 10.1 Å². The second kappa shape index (κ2) is 11.7. The molecule has 0 aromatic rings. The topological polar surface area (TPSA) is 31.0 Å². The Balaban J connectivity index is 1.12. The highest BCUT2D eigenvalue weighted by atomic mass is 16.5. The first-order valence-electron chi connectivity index (χ1n) is 17.6. The van der Waals surface area contributed by atoms with Crippen LogP contribution >= 0.6 is 0 Å². The molecule has 0 aromatic heterocycles. The number of hydrogen-bond acceptors (Lipinski definition) is 5. The summed E-state index contributed by atoms with van der Waals surface area (Å²) in [5.41, 5.74) is 0.533. The molecule has 6 rings (SSSR count). The van der Waals surface area contributed by atoms with Crippen LogP contribution in [0.15, 0.2) is 0 Å². The molecule has 0 amide bonds. The Kier molecular flexibility index (Phi) is 8.74. The third-order valence-corrected chi connectivity index (χ3v) is 13.3. The lowest BCUT2D eigenvalue weighted by molar-refractivity contribution is -0.0710. The molecule has 0 spiro atoms. The van der Waals surface area contributed by atoms with Crippen LogP contribution in [0.2, 0.25) is 0 Å². The number of rotatable bonds is 8. The summed E-state index contributed by atoms with van der Waals surface area (Å²) in [6, 6.07) is 1.24. The molecule has 230 valence electrons. The van der Waals surface area contributed by atoms with Crippen molar-refractivity contribution in [2.24, 2.45) is 41.4 Å². The number of morpholine rings is 1. The van der Waals surface area contributed by atoms with Crippen molar-refractivity contribution in [3.05, 3.63) is 0 Å². The van der Waals surface area contributed by atoms with Crippen molar-refractivity contribution in [3.63, 3.8) is 0 Å². The molecule has 0 aromatic carbocycles. The molecule has 2 saturated carbocycles. The largest absolute Gasteiger partial charge is 0.374 e. The molecule has 0 bridgehead atoms. The van der Waals surface area contributed by atoms with Crippen LogP contribution in [0.4, 0.5) is 0 Å². The lowest BCUT2D eigenvalue weighted by Gasteiger charge is -2.56. The second-order valence-corrected chi connectivity index (χ2v) is 17.1. The van der Waals surface area contributed by atoms with E-state index in [4.69, 9.17) is 4.74 Å². The van der Waals surface area contributed by atoms with E-state index in [1.54, 1.807) is 0 Å². The average Bonchev–Trinajstić information content (AvgIpc) is 3.47. The Labute approximate surface area is 247 Å². The zero-order chi connectivity index (χ0) is 28.2. The van der Waals surface area contributed by atoms with Crippen molar-refractivity contribution in [1.29, 1.82) is 0 Å². The van der Waals surface area contributed by atoms with Gasteiger partial charge in [-0.1, -0.05) is 26.7 Å². The van der Waals surface area contributed by atoms with E-state index in [9.17, 15) is 0 Å². The predicted molar refractivity (Wildman–Crippen MR) is 167 cm³/mol. The van der Waals surface area contributed by atoms with Gasteiger partial charge in [0.2, 0.25) is 0 Å². The van der Waals surface area contributed by atoms with Crippen LogP contribution in [0.1, 0.15) is 99.8 Å². The second-order valence-electron chi connectivity index (χ2n) is 17.1. The Morgan fingerprint density at radius 3 is 2.25 bits per heavy atom. The molecule has 5 heteroatoms. The number of ether oxygens (including phenoxy) is 1. The minimum absolute atomic E-state index is 0.243. The first-order valence-corrected chi connectivity index (χ1v) is 17.6. The molecule has 9 unspecified atom stereocenters. The summed E-state index contributed by atoms with van der Waals surface area (Å²) in [5.74, 6) is 6.27. The van der Waals surface area contributed by atoms with Crippen LogP contribution in [0.3, 0.4) is 0 Å². The Bertz CT molecular complexity index is 844. The van der Waals surface area contributed by atoms with Crippen LogP contribution in [0, 0.1) is 41.4 Å². The van der Waals surface area contributed by atoms with E-state index in [2.05, 4.69) is 68.5 Å². The minimum Gasteiger partial charge on any atom is -0.374 e. The van der Waals surface area contributed by atoms with Crippen molar-refractivity contribution in [3.8, 4) is 0 Å². The first kappa shape index (κ1) is 29.9. The summed E-state index contributed by atoms with van der Waals surface area (Å²) < 4.78 is 6.15. The number of nitrogens with one attached hydrogen (secondary N) is 1. The Morgan fingerprint density at radius 1 is 0.775 bits per heavy atom. The summed E-state index contributed by atoms with van der Waals surface area (Å²) in [7, 11) is 0. The molecule has 40 heavy (non-hydrogen) atoms. The maximum Gasteiger partial charge on any atom is 0.0867 e. The predicted octanol–water partition coefficient (Wildman–Crippen LogP) is 5.74. The third kappa shape index (κ3) is 6.07. The zero-order valence-electron chi connectivity index (χ0n) is 27.3. The van der Waals surface area contributed by atoms with Gasteiger partial charge in [-0.2, -0.15) is 0 Å². The van der Waals surface area contributed by atoms with Crippen LogP contribution in [-0.2, 0) is 4.74 Å². The third-order valence-electron chi connectivity index (χ3n) is 13.3. The standard InChI is InChI=1S/C35H64N4O/c1-24(2)25(3)37-18-26(15-27-9-8-10-28(27)19-37)16-34(4,5)38-20-29-11-12-31(29)30(21-38)17-35(6,7)39-22-32-33(23-39)40-14-13-36-32/h24-33,36H,8-23H2,1-7H3. The molecule has 4 aliphatic heterocycles. The Hall–Kier alpha value is -0.200. The highest BCUT2D eigenvalue weighted by molar-refractivity contribution is 5.03. The van der Waals surface area contributed by atoms with Gasteiger partial charge in [-0.25, -0.2) is 0 Å². The van der Waals surface area contributed by atoms with Crippen molar-refractivity contribution in [2.75, 3.05) is 52.4 Å². The van der Waals surface area contributed by atoms with Crippen LogP contribution in [-0.4, -0.2) is 96.4 Å². The van der Waals surface area contributed by atoms with Gasteiger partial charge in [-0.05, 0) is 115 Å². The van der Waals surface area contributed by atoms with Gasteiger partial charge in [0.15, 0.2) is 0 Å². The van der Waals surface area contributed by atoms with E-state index in [0.29, 0.717) is 23.7 Å². The van der Waals surface area contributed by atoms with Gasteiger partial charge in [0.1, 0.15) is 0 Å². The molecule has 2 aliphatic carbocycles.